The fourth-order valence-electron chi connectivity index (χ4n) is 3.21. The van der Waals surface area contributed by atoms with Gasteiger partial charge in [-0.05, 0) is 12.3 Å². The van der Waals surface area contributed by atoms with Crippen LogP contribution in [0.25, 0.3) is 0 Å². The van der Waals surface area contributed by atoms with Gasteiger partial charge in [0.2, 0.25) is 0 Å². The Morgan fingerprint density at radius 3 is 2.06 bits per heavy atom. The van der Waals surface area contributed by atoms with Gasteiger partial charge in [-0.15, -0.1) is 0 Å². The minimum Gasteiger partial charge on any atom is -0.393 e. The Labute approximate surface area is 120 Å². The quantitative estimate of drug-likeness (QED) is 0.361. The van der Waals surface area contributed by atoms with Crippen molar-refractivity contribution in [2.24, 2.45) is 5.92 Å². The van der Waals surface area contributed by atoms with E-state index in [0.717, 1.165) is 19.1 Å². The topological polar surface area (TPSA) is 18.5 Å². The molecule has 0 aromatic heterocycles. The first-order chi connectivity index (χ1) is 7.52. The van der Waals surface area contributed by atoms with Crippen LogP contribution in [-0.2, 0) is 8.85 Å². The number of halogens is 1. The molecule has 0 aromatic carbocycles. The SMILES string of the molecule is CC(C)(C)[Si]1(C(C)(C)C)OCC2CC2(I)CO1. The van der Waals surface area contributed by atoms with Gasteiger partial charge in [0.15, 0.2) is 0 Å². The first kappa shape index (κ1) is 14.3. The molecule has 2 nitrogen and oxygen atoms in total. The Bertz CT molecular complexity index is 304. The van der Waals surface area contributed by atoms with E-state index >= 15 is 0 Å². The smallest absolute Gasteiger partial charge is 0.349 e. The highest BCUT2D eigenvalue weighted by Crippen LogP contribution is 2.59. The highest BCUT2D eigenvalue weighted by atomic mass is 127. The predicted octanol–water partition coefficient (Wildman–Crippen LogP) is 4.27. The van der Waals surface area contributed by atoms with E-state index in [1.54, 1.807) is 0 Å². The third kappa shape index (κ3) is 2.23. The number of hydrogen-bond acceptors (Lipinski definition) is 2. The van der Waals surface area contributed by atoms with Crippen molar-refractivity contribution in [1.82, 2.24) is 0 Å². The molecule has 0 spiro atoms. The molecular formula is C13H25IO2Si. The molecule has 1 aliphatic heterocycles. The summed E-state index contributed by atoms with van der Waals surface area (Å²) in [6, 6.07) is 0. The largest absolute Gasteiger partial charge is 0.393 e. The third-order valence-corrected chi connectivity index (χ3v) is 10.8. The Morgan fingerprint density at radius 2 is 1.59 bits per heavy atom. The van der Waals surface area contributed by atoms with Crippen LogP contribution in [0.15, 0.2) is 0 Å². The van der Waals surface area contributed by atoms with E-state index in [1.165, 1.54) is 6.42 Å². The van der Waals surface area contributed by atoms with Crippen LogP contribution >= 0.6 is 22.6 Å². The molecule has 0 bridgehead atoms. The van der Waals surface area contributed by atoms with Crippen molar-refractivity contribution in [3.8, 4) is 0 Å². The molecule has 100 valence electrons. The average molecular weight is 368 g/mol. The Kier molecular flexibility index (Phi) is 3.30. The van der Waals surface area contributed by atoms with Crippen LogP contribution in [0, 0.1) is 5.92 Å². The van der Waals surface area contributed by atoms with Gasteiger partial charge in [0.25, 0.3) is 0 Å². The standard InChI is InChI=1S/C13H25IO2Si/c1-11(2,3)17(12(4,5)6)15-8-10-7-13(10,14)9-16-17/h10H,7-9H2,1-6H3. The minimum absolute atomic E-state index is 0.120. The van der Waals surface area contributed by atoms with Crippen molar-refractivity contribution in [3.63, 3.8) is 0 Å². The summed E-state index contributed by atoms with van der Waals surface area (Å²) in [6.45, 7) is 15.5. The Hall–Kier alpha value is 0.867. The van der Waals surface area contributed by atoms with Crippen molar-refractivity contribution in [2.75, 3.05) is 13.2 Å². The van der Waals surface area contributed by atoms with E-state index in [9.17, 15) is 0 Å². The zero-order chi connectivity index (χ0) is 13.1. The van der Waals surface area contributed by atoms with Crippen molar-refractivity contribution in [1.29, 1.82) is 0 Å². The van der Waals surface area contributed by atoms with Gasteiger partial charge < -0.3 is 8.85 Å². The van der Waals surface area contributed by atoms with Crippen LogP contribution in [0.5, 0.6) is 0 Å². The maximum absolute atomic E-state index is 6.49. The van der Waals surface area contributed by atoms with Gasteiger partial charge in [0.05, 0.1) is 6.61 Å². The molecule has 1 saturated heterocycles. The van der Waals surface area contributed by atoms with Gasteiger partial charge in [0, 0.05) is 20.1 Å². The molecule has 2 rings (SSSR count). The second kappa shape index (κ2) is 3.93. The molecule has 0 amide bonds. The Morgan fingerprint density at radius 1 is 1.06 bits per heavy atom. The van der Waals surface area contributed by atoms with E-state index in [1.807, 2.05) is 0 Å². The van der Waals surface area contributed by atoms with E-state index in [2.05, 4.69) is 64.1 Å². The fraction of sp³-hybridized carbons (Fsp3) is 1.00. The monoisotopic (exact) mass is 368 g/mol. The van der Waals surface area contributed by atoms with E-state index in [0.29, 0.717) is 3.42 Å². The zero-order valence-electron chi connectivity index (χ0n) is 11.9. The van der Waals surface area contributed by atoms with Crippen LogP contribution in [0.3, 0.4) is 0 Å². The van der Waals surface area contributed by atoms with E-state index in [4.69, 9.17) is 8.85 Å². The van der Waals surface area contributed by atoms with Gasteiger partial charge in [-0.3, -0.25) is 0 Å². The first-order valence-electron chi connectivity index (χ1n) is 6.49. The molecular weight excluding hydrogens is 343 g/mol. The number of hydrogen-bond donors (Lipinski definition) is 0. The maximum Gasteiger partial charge on any atom is 0.349 e. The molecule has 1 saturated carbocycles. The Balaban J connectivity index is 2.30. The molecule has 17 heavy (non-hydrogen) atoms. The number of fused-ring (bicyclic) bond motifs is 1. The second-order valence-electron chi connectivity index (χ2n) is 7.65. The summed E-state index contributed by atoms with van der Waals surface area (Å²) in [5.41, 5.74) is 0. The summed E-state index contributed by atoms with van der Waals surface area (Å²) >= 11 is 2.58. The molecule has 0 radical (unpaired) electrons. The normalized spacial score (nSPS) is 37.2. The molecule has 0 aromatic rings. The maximum atomic E-state index is 6.49. The zero-order valence-corrected chi connectivity index (χ0v) is 15.1. The van der Waals surface area contributed by atoms with Crippen molar-refractivity contribution < 1.29 is 8.85 Å². The lowest BCUT2D eigenvalue weighted by Crippen LogP contribution is -2.57. The molecule has 4 heteroatoms. The molecule has 1 heterocycles. The van der Waals surface area contributed by atoms with Crippen molar-refractivity contribution in [3.05, 3.63) is 0 Å². The fourth-order valence-corrected chi connectivity index (χ4v) is 9.33. The predicted molar refractivity (Wildman–Crippen MR) is 81.9 cm³/mol. The van der Waals surface area contributed by atoms with Crippen LogP contribution in [0.4, 0.5) is 0 Å². The van der Waals surface area contributed by atoms with E-state index in [-0.39, 0.29) is 10.1 Å². The molecule has 2 atom stereocenters. The second-order valence-corrected chi connectivity index (χ2v) is 14.6. The van der Waals surface area contributed by atoms with Crippen LogP contribution in [-0.4, -0.2) is 25.2 Å². The van der Waals surface area contributed by atoms with Crippen LogP contribution in [0.1, 0.15) is 48.0 Å². The third-order valence-electron chi connectivity index (χ3n) is 4.14. The summed E-state index contributed by atoms with van der Waals surface area (Å²) in [7, 11) is -2.20. The molecule has 2 fully saturated rings. The van der Waals surface area contributed by atoms with Gasteiger partial charge in [-0.25, -0.2) is 0 Å². The first-order valence-corrected chi connectivity index (χ1v) is 9.38. The van der Waals surface area contributed by atoms with Gasteiger partial charge in [0.1, 0.15) is 0 Å². The lowest BCUT2D eigenvalue weighted by Gasteiger charge is -2.48. The van der Waals surface area contributed by atoms with Gasteiger partial charge in [-0.2, -0.15) is 0 Å². The van der Waals surface area contributed by atoms with Crippen LogP contribution < -0.4 is 0 Å². The molecule has 2 unspecified atom stereocenters. The van der Waals surface area contributed by atoms with Crippen LogP contribution in [0.2, 0.25) is 10.1 Å². The molecule has 1 aliphatic carbocycles. The summed E-state index contributed by atoms with van der Waals surface area (Å²) < 4.78 is 13.3. The van der Waals surface area contributed by atoms with Crippen molar-refractivity contribution >= 4 is 31.2 Å². The molecule has 2 aliphatic rings. The lowest BCUT2D eigenvalue weighted by atomic mass is 10.2. The van der Waals surface area contributed by atoms with E-state index < -0.39 is 8.56 Å². The summed E-state index contributed by atoms with van der Waals surface area (Å²) in [4.78, 5) is 0. The number of alkyl halides is 1. The number of rotatable bonds is 0. The lowest BCUT2D eigenvalue weighted by molar-refractivity contribution is 0.142. The highest BCUT2D eigenvalue weighted by Gasteiger charge is 2.64. The summed E-state index contributed by atoms with van der Waals surface area (Å²) in [5, 5.41) is 0.240. The van der Waals surface area contributed by atoms with Gasteiger partial charge in [-0.1, -0.05) is 64.1 Å². The highest BCUT2D eigenvalue weighted by molar-refractivity contribution is 14.1. The molecule has 0 N–H and O–H groups in total. The minimum atomic E-state index is -2.20. The summed E-state index contributed by atoms with van der Waals surface area (Å²) in [6.07, 6.45) is 1.27. The van der Waals surface area contributed by atoms with Crippen molar-refractivity contribution in [2.45, 2.75) is 61.5 Å². The van der Waals surface area contributed by atoms with Gasteiger partial charge >= 0.3 is 8.56 Å². The average Bonchev–Trinajstić information content (AvgIpc) is 2.72. The summed E-state index contributed by atoms with van der Waals surface area (Å²) in [5.74, 6) is 0.724.